The molecule has 1 amide bonds. The highest BCUT2D eigenvalue weighted by Crippen LogP contribution is 2.10. The average molecular weight is 317 g/mol. The van der Waals surface area contributed by atoms with Gasteiger partial charge in [0.2, 0.25) is 5.91 Å². The lowest BCUT2D eigenvalue weighted by Crippen LogP contribution is -2.41. The number of hydrogen-bond acceptors (Lipinski definition) is 5. The fraction of sp³-hybridized carbons (Fsp3) is 0.400. The van der Waals surface area contributed by atoms with E-state index in [1.54, 1.807) is 17.1 Å². The van der Waals surface area contributed by atoms with E-state index >= 15 is 0 Å². The van der Waals surface area contributed by atoms with Crippen LogP contribution in [0.1, 0.15) is 12.0 Å². The summed E-state index contributed by atoms with van der Waals surface area (Å²) in [7, 11) is 0. The summed E-state index contributed by atoms with van der Waals surface area (Å²) < 4.78 is 1.70. The van der Waals surface area contributed by atoms with Gasteiger partial charge >= 0.3 is 0 Å². The highest BCUT2D eigenvalue weighted by atomic mass is 32.2. The average Bonchev–Trinajstić information content (AvgIpc) is 3.09. The third-order valence-corrected chi connectivity index (χ3v) is 4.60. The van der Waals surface area contributed by atoms with Crippen LogP contribution >= 0.6 is 11.8 Å². The Kier molecular flexibility index (Phi) is 5.07. The summed E-state index contributed by atoms with van der Waals surface area (Å²) in [6.45, 7) is 1.50. The zero-order chi connectivity index (χ0) is 15.2. The van der Waals surface area contributed by atoms with Crippen molar-refractivity contribution in [1.82, 2.24) is 25.4 Å². The van der Waals surface area contributed by atoms with Gasteiger partial charge in [0, 0.05) is 55.6 Å². The standard InChI is InChI=1S/C15H19N5OS/c21-15(9-13-11-22-7-5-16-13)18-10-12-2-4-17-14(8-12)20-6-1-3-19-20/h1-4,6,8,13,16H,5,7,9-11H2,(H,18,21). The van der Waals surface area contributed by atoms with Gasteiger partial charge in [0.25, 0.3) is 0 Å². The summed E-state index contributed by atoms with van der Waals surface area (Å²) in [6.07, 6.45) is 5.82. The lowest BCUT2D eigenvalue weighted by molar-refractivity contribution is -0.121. The van der Waals surface area contributed by atoms with Crippen molar-refractivity contribution in [3.05, 3.63) is 42.4 Å². The third-order valence-electron chi connectivity index (χ3n) is 3.47. The molecule has 3 rings (SSSR count). The predicted molar refractivity (Wildman–Crippen MR) is 86.9 cm³/mol. The van der Waals surface area contributed by atoms with Crippen molar-refractivity contribution in [2.45, 2.75) is 19.0 Å². The molecule has 0 aliphatic carbocycles. The summed E-state index contributed by atoms with van der Waals surface area (Å²) >= 11 is 1.90. The van der Waals surface area contributed by atoms with Gasteiger partial charge in [0.1, 0.15) is 0 Å². The molecule has 1 aliphatic heterocycles. The first-order chi connectivity index (χ1) is 10.8. The molecule has 3 heterocycles. The van der Waals surface area contributed by atoms with Crippen molar-refractivity contribution in [3.63, 3.8) is 0 Å². The topological polar surface area (TPSA) is 71.8 Å². The quantitative estimate of drug-likeness (QED) is 0.860. The van der Waals surface area contributed by atoms with Gasteiger partial charge in [-0.05, 0) is 23.8 Å². The van der Waals surface area contributed by atoms with E-state index in [0.717, 1.165) is 29.4 Å². The van der Waals surface area contributed by atoms with Crippen LogP contribution in [-0.2, 0) is 11.3 Å². The van der Waals surface area contributed by atoms with Gasteiger partial charge in [0.05, 0.1) is 0 Å². The van der Waals surface area contributed by atoms with Crippen LogP contribution in [-0.4, -0.2) is 44.8 Å². The van der Waals surface area contributed by atoms with Crippen LogP contribution in [0, 0.1) is 0 Å². The SMILES string of the molecule is O=C(CC1CSCCN1)NCc1ccnc(-n2cccn2)c1. The molecule has 116 valence electrons. The molecule has 22 heavy (non-hydrogen) atoms. The Morgan fingerprint density at radius 3 is 3.23 bits per heavy atom. The molecule has 2 aromatic rings. The van der Waals surface area contributed by atoms with Crippen LogP contribution < -0.4 is 10.6 Å². The van der Waals surface area contributed by atoms with Crippen molar-refractivity contribution >= 4 is 17.7 Å². The number of aromatic nitrogens is 3. The van der Waals surface area contributed by atoms with Crippen LogP contribution in [0.3, 0.4) is 0 Å². The maximum absolute atomic E-state index is 12.0. The van der Waals surface area contributed by atoms with Gasteiger partial charge in [0.15, 0.2) is 5.82 Å². The predicted octanol–water partition coefficient (Wildman–Crippen LogP) is 0.979. The Bertz CT molecular complexity index is 610. The molecule has 1 aliphatic rings. The van der Waals surface area contributed by atoms with Crippen LogP contribution in [0.5, 0.6) is 0 Å². The minimum atomic E-state index is 0.0810. The number of carbonyl (C=O) groups excluding carboxylic acids is 1. The minimum Gasteiger partial charge on any atom is -0.352 e. The fourth-order valence-electron chi connectivity index (χ4n) is 2.35. The van der Waals surface area contributed by atoms with Gasteiger partial charge in [-0.2, -0.15) is 16.9 Å². The first-order valence-corrected chi connectivity index (χ1v) is 8.49. The van der Waals surface area contributed by atoms with Gasteiger partial charge in [-0.15, -0.1) is 0 Å². The minimum absolute atomic E-state index is 0.0810. The molecule has 1 atom stereocenters. The number of hydrogen-bond donors (Lipinski definition) is 2. The maximum atomic E-state index is 12.0. The highest BCUT2D eigenvalue weighted by molar-refractivity contribution is 7.99. The maximum Gasteiger partial charge on any atom is 0.221 e. The number of nitrogens with one attached hydrogen (secondary N) is 2. The largest absolute Gasteiger partial charge is 0.352 e. The zero-order valence-electron chi connectivity index (χ0n) is 12.2. The van der Waals surface area contributed by atoms with E-state index in [4.69, 9.17) is 0 Å². The molecular weight excluding hydrogens is 298 g/mol. The number of pyridine rings is 1. The molecular formula is C15H19N5OS. The molecule has 1 saturated heterocycles. The monoisotopic (exact) mass is 317 g/mol. The normalized spacial score (nSPS) is 18.1. The second kappa shape index (κ2) is 7.42. The van der Waals surface area contributed by atoms with E-state index < -0.39 is 0 Å². The molecule has 6 nitrogen and oxygen atoms in total. The lowest BCUT2D eigenvalue weighted by Gasteiger charge is -2.22. The summed E-state index contributed by atoms with van der Waals surface area (Å²) in [5.74, 6) is 2.97. The lowest BCUT2D eigenvalue weighted by atomic mass is 10.2. The first-order valence-electron chi connectivity index (χ1n) is 7.34. The summed E-state index contributed by atoms with van der Waals surface area (Å²) in [5.41, 5.74) is 1.01. The van der Waals surface area contributed by atoms with E-state index in [1.807, 2.05) is 36.2 Å². The zero-order valence-corrected chi connectivity index (χ0v) is 13.1. The number of amides is 1. The highest BCUT2D eigenvalue weighted by Gasteiger charge is 2.16. The van der Waals surface area contributed by atoms with E-state index in [0.29, 0.717) is 13.0 Å². The van der Waals surface area contributed by atoms with Gasteiger partial charge in [-0.25, -0.2) is 9.67 Å². The smallest absolute Gasteiger partial charge is 0.221 e. The molecule has 2 N–H and O–H groups in total. The Morgan fingerprint density at radius 2 is 2.45 bits per heavy atom. The Hall–Kier alpha value is -1.86. The van der Waals surface area contributed by atoms with Gasteiger partial charge in [-0.3, -0.25) is 4.79 Å². The number of thioether (sulfide) groups is 1. The Morgan fingerprint density at radius 1 is 1.50 bits per heavy atom. The van der Waals surface area contributed by atoms with E-state index in [1.165, 1.54) is 0 Å². The second-order valence-electron chi connectivity index (χ2n) is 5.18. The summed E-state index contributed by atoms with van der Waals surface area (Å²) in [5, 5.41) is 10.5. The van der Waals surface area contributed by atoms with Crippen molar-refractivity contribution in [3.8, 4) is 5.82 Å². The van der Waals surface area contributed by atoms with Crippen molar-refractivity contribution < 1.29 is 4.79 Å². The molecule has 1 unspecified atom stereocenters. The number of rotatable bonds is 5. The van der Waals surface area contributed by atoms with Gasteiger partial charge in [-0.1, -0.05) is 0 Å². The Balaban J connectivity index is 1.52. The first kappa shape index (κ1) is 15.1. The molecule has 0 aromatic carbocycles. The van der Waals surface area contributed by atoms with Crippen LogP contribution in [0.25, 0.3) is 5.82 Å². The molecule has 2 aromatic heterocycles. The molecule has 0 bridgehead atoms. The van der Waals surface area contributed by atoms with Crippen molar-refractivity contribution in [2.24, 2.45) is 0 Å². The van der Waals surface area contributed by atoms with E-state index in [9.17, 15) is 4.79 Å². The Labute approximate surface area is 133 Å². The van der Waals surface area contributed by atoms with E-state index in [2.05, 4.69) is 20.7 Å². The molecule has 1 fully saturated rings. The molecule has 0 radical (unpaired) electrons. The van der Waals surface area contributed by atoms with Crippen molar-refractivity contribution in [1.29, 1.82) is 0 Å². The second-order valence-corrected chi connectivity index (χ2v) is 6.33. The third kappa shape index (κ3) is 4.08. The number of carbonyl (C=O) groups is 1. The van der Waals surface area contributed by atoms with Gasteiger partial charge < -0.3 is 10.6 Å². The molecule has 0 spiro atoms. The number of nitrogens with zero attached hydrogens (tertiary/aromatic N) is 3. The van der Waals surface area contributed by atoms with E-state index in [-0.39, 0.29) is 11.9 Å². The molecule has 0 saturated carbocycles. The summed E-state index contributed by atoms with van der Waals surface area (Å²) in [6, 6.07) is 5.98. The van der Waals surface area contributed by atoms with Crippen LogP contribution in [0.2, 0.25) is 0 Å². The van der Waals surface area contributed by atoms with Crippen LogP contribution in [0.15, 0.2) is 36.8 Å². The van der Waals surface area contributed by atoms with Crippen molar-refractivity contribution in [2.75, 3.05) is 18.1 Å². The molecule has 7 heteroatoms. The van der Waals surface area contributed by atoms with Crippen LogP contribution in [0.4, 0.5) is 0 Å². The summed E-state index contributed by atoms with van der Waals surface area (Å²) in [4.78, 5) is 16.3. The fourth-order valence-corrected chi connectivity index (χ4v) is 3.30.